The van der Waals surface area contributed by atoms with Crippen molar-refractivity contribution in [3.63, 3.8) is 0 Å². The number of rotatable bonds is 0. The van der Waals surface area contributed by atoms with Gasteiger partial charge in [0.05, 0.1) is 0 Å². The molecule has 0 saturated heterocycles. The lowest BCUT2D eigenvalue weighted by Crippen LogP contribution is -2.03. The summed E-state index contributed by atoms with van der Waals surface area (Å²) in [5.41, 5.74) is 4.65. The summed E-state index contributed by atoms with van der Waals surface area (Å²) in [4.78, 5) is 12.0. The van der Waals surface area contributed by atoms with E-state index >= 15 is 0 Å². The van der Waals surface area contributed by atoms with Crippen molar-refractivity contribution in [2.24, 2.45) is 10.7 Å². The van der Waals surface area contributed by atoms with Gasteiger partial charge in [-0.05, 0) is 6.72 Å². The first-order valence-electron chi connectivity index (χ1n) is 2.01. The molecule has 0 fully saturated rings. The minimum Gasteiger partial charge on any atom is -0.481 e. The molecule has 0 radical (unpaired) electrons. The third-order valence-corrected chi connectivity index (χ3v) is 0.170. The third kappa shape index (κ3) is 378. The maximum Gasteiger partial charge on any atom is 0.300 e. The van der Waals surface area contributed by atoms with E-state index in [2.05, 4.69) is 17.4 Å². The summed E-state index contributed by atoms with van der Waals surface area (Å²) in [5, 5.41) is 13.7. The highest BCUT2D eigenvalue weighted by atomic mass is 16.4. The highest BCUT2D eigenvalue weighted by Crippen LogP contribution is 1.48. The minimum absolute atomic E-state index is 0.231. The Morgan fingerprint density at radius 2 is 2.00 bits per heavy atom. The van der Waals surface area contributed by atoms with Crippen LogP contribution in [-0.4, -0.2) is 23.8 Å². The van der Waals surface area contributed by atoms with Gasteiger partial charge in [0.1, 0.15) is 0 Å². The first-order valence-corrected chi connectivity index (χ1v) is 2.01. The molecule has 0 aromatic carbocycles. The molecule has 5 heteroatoms. The van der Waals surface area contributed by atoms with Gasteiger partial charge < -0.3 is 10.8 Å². The lowest BCUT2D eigenvalue weighted by molar-refractivity contribution is -0.134. The fourth-order valence-corrected chi connectivity index (χ4v) is 0. The van der Waals surface area contributed by atoms with Gasteiger partial charge in [-0.1, -0.05) is 0 Å². The van der Waals surface area contributed by atoms with Crippen molar-refractivity contribution in [1.29, 1.82) is 5.41 Å². The van der Waals surface area contributed by atoms with Crippen LogP contribution in [0.1, 0.15) is 6.92 Å². The number of hydrogen-bond acceptors (Lipinski definition) is 2. The summed E-state index contributed by atoms with van der Waals surface area (Å²) >= 11 is 0. The van der Waals surface area contributed by atoms with Crippen LogP contribution in [-0.2, 0) is 4.79 Å². The zero-order valence-corrected chi connectivity index (χ0v) is 5.09. The second-order valence-corrected chi connectivity index (χ2v) is 1.06. The van der Waals surface area contributed by atoms with Crippen molar-refractivity contribution in [3.8, 4) is 0 Å². The van der Waals surface area contributed by atoms with Gasteiger partial charge in [-0.15, -0.1) is 0 Å². The van der Waals surface area contributed by atoms with Gasteiger partial charge >= 0.3 is 0 Å². The maximum atomic E-state index is 9.00. The molecule has 0 bridgehead atoms. The van der Waals surface area contributed by atoms with E-state index in [-0.39, 0.29) is 5.96 Å². The number of nitrogens with two attached hydrogens (primary N) is 1. The monoisotopic (exact) mass is 131 g/mol. The molecule has 0 spiro atoms. The predicted octanol–water partition coefficient (Wildman–Crippen LogP) is -0.329. The van der Waals surface area contributed by atoms with Gasteiger partial charge in [0, 0.05) is 6.92 Å². The summed E-state index contributed by atoms with van der Waals surface area (Å²) in [5.74, 6) is -1.06. The Bertz CT molecular complexity index is 117. The minimum atomic E-state index is -0.833. The number of carboxylic acids is 1. The van der Waals surface area contributed by atoms with Crippen molar-refractivity contribution in [2.45, 2.75) is 6.92 Å². The number of hydrogen-bond donors (Lipinski definition) is 3. The van der Waals surface area contributed by atoms with Crippen LogP contribution in [0.15, 0.2) is 4.99 Å². The van der Waals surface area contributed by atoms with Gasteiger partial charge in [0.25, 0.3) is 5.97 Å². The average molecular weight is 131 g/mol. The van der Waals surface area contributed by atoms with E-state index in [9.17, 15) is 0 Å². The van der Waals surface area contributed by atoms with Crippen LogP contribution in [0.2, 0.25) is 0 Å². The summed E-state index contributed by atoms with van der Waals surface area (Å²) in [6.45, 7) is 4.04. The number of carbonyl (C=O) groups is 1. The molecule has 0 aromatic heterocycles. The third-order valence-electron chi connectivity index (χ3n) is 0.170. The Morgan fingerprint density at radius 3 is 2.00 bits per heavy atom. The Balaban J connectivity index is 0. The lowest BCUT2D eigenvalue weighted by atomic mass is 10.9. The molecule has 0 heterocycles. The van der Waals surface area contributed by atoms with E-state index in [1.807, 2.05) is 0 Å². The smallest absolute Gasteiger partial charge is 0.300 e. The molecule has 0 aliphatic rings. The lowest BCUT2D eigenvalue weighted by Gasteiger charge is -1.71. The van der Waals surface area contributed by atoms with Crippen LogP contribution >= 0.6 is 0 Å². The Morgan fingerprint density at radius 1 is 1.89 bits per heavy atom. The number of nitrogens with zero attached hydrogens (tertiary/aromatic N) is 1. The molecule has 0 aliphatic heterocycles. The molecule has 0 atom stereocenters. The summed E-state index contributed by atoms with van der Waals surface area (Å²) in [6, 6.07) is 0. The Labute approximate surface area is 52.7 Å². The van der Waals surface area contributed by atoms with Gasteiger partial charge in [0.15, 0.2) is 0 Å². The van der Waals surface area contributed by atoms with Crippen LogP contribution in [0, 0.1) is 5.41 Å². The standard InChI is InChI=1S/C2H5N3.C2H4O2/c1-5-2(3)4;1-2(3)4/h1H2,(H3,3,4);1H3,(H,3,4). The number of nitrogens with one attached hydrogen (secondary N) is 1. The number of guanidine groups is 1. The second kappa shape index (κ2) is 6.61. The fraction of sp³-hybridized carbons (Fsp3) is 0.250. The molecule has 0 saturated carbocycles. The number of aliphatic carboxylic acids is 1. The van der Waals surface area contributed by atoms with E-state index in [0.29, 0.717) is 0 Å². The Kier molecular flexibility index (Phi) is 7.76. The number of aliphatic imine (C=N–C) groups is 1. The molecule has 0 amide bonds. The predicted molar refractivity (Wildman–Crippen MR) is 34.8 cm³/mol. The molecular weight excluding hydrogens is 122 g/mol. The zero-order valence-electron chi connectivity index (χ0n) is 5.09. The van der Waals surface area contributed by atoms with Gasteiger partial charge in [0.2, 0.25) is 5.96 Å². The van der Waals surface area contributed by atoms with Crippen LogP contribution in [0.4, 0.5) is 0 Å². The van der Waals surface area contributed by atoms with Gasteiger partial charge in [-0.25, -0.2) is 4.99 Å². The first-order chi connectivity index (χ1) is 4.00. The largest absolute Gasteiger partial charge is 0.481 e. The van der Waals surface area contributed by atoms with Crippen LogP contribution in [0.5, 0.6) is 0 Å². The van der Waals surface area contributed by atoms with Crippen LogP contribution in [0.3, 0.4) is 0 Å². The van der Waals surface area contributed by atoms with E-state index in [1.165, 1.54) is 0 Å². The molecule has 0 unspecified atom stereocenters. The quantitative estimate of drug-likeness (QED) is 0.310. The molecule has 0 rings (SSSR count). The topological polar surface area (TPSA) is 99.5 Å². The highest BCUT2D eigenvalue weighted by molar-refractivity contribution is 5.78. The van der Waals surface area contributed by atoms with Crippen molar-refractivity contribution in [2.75, 3.05) is 0 Å². The molecular formula is C4H9N3O2. The first kappa shape index (κ1) is 10.6. The Hall–Kier alpha value is -1.39. The summed E-state index contributed by atoms with van der Waals surface area (Å²) < 4.78 is 0. The molecule has 5 nitrogen and oxygen atoms in total. The van der Waals surface area contributed by atoms with Crippen molar-refractivity contribution in [1.82, 2.24) is 0 Å². The molecule has 52 valence electrons. The van der Waals surface area contributed by atoms with E-state index < -0.39 is 5.97 Å². The van der Waals surface area contributed by atoms with Crippen molar-refractivity contribution >= 4 is 18.6 Å². The molecule has 4 N–H and O–H groups in total. The molecule has 9 heavy (non-hydrogen) atoms. The van der Waals surface area contributed by atoms with E-state index in [0.717, 1.165) is 6.92 Å². The summed E-state index contributed by atoms with van der Waals surface area (Å²) in [6.07, 6.45) is 0. The normalized spacial score (nSPS) is 6.33. The van der Waals surface area contributed by atoms with Crippen molar-refractivity contribution in [3.05, 3.63) is 0 Å². The van der Waals surface area contributed by atoms with Crippen LogP contribution in [0.25, 0.3) is 0 Å². The molecule has 0 aliphatic carbocycles. The molecule has 0 aromatic rings. The zero-order chi connectivity index (χ0) is 7.86. The SMILES string of the molecule is C=NC(=N)N.CC(=O)O. The van der Waals surface area contributed by atoms with E-state index in [1.54, 1.807) is 0 Å². The second-order valence-electron chi connectivity index (χ2n) is 1.06. The van der Waals surface area contributed by atoms with Gasteiger partial charge in [-0.2, -0.15) is 0 Å². The van der Waals surface area contributed by atoms with Crippen molar-refractivity contribution < 1.29 is 9.90 Å². The van der Waals surface area contributed by atoms with E-state index in [4.69, 9.17) is 15.3 Å². The van der Waals surface area contributed by atoms with Crippen LogP contribution < -0.4 is 5.73 Å². The average Bonchev–Trinajstić information content (AvgIpc) is 1.65. The maximum absolute atomic E-state index is 9.00. The fourth-order valence-electron chi connectivity index (χ4n) is 0. The number of carboxylic acid groups (broad SMARTS) is 1. The van der Waals surface area contributed by atoms with Gasteiger partial charge in [-0.3, -0.25) is 10.2 Å². The summed E-state index contributed by atoms with van der Waals surface area (Å²) in [7, 11) is 0. The highest BCUT2D eigenvalue weighted by Gasteiger charge is 1.65.